The number of nitrogens with zero attached hydrogens (tertiary/aromatic N) is 3. The van der Waals surface area contributed by atoms with Gasteiger partial charge in [-0.25, -0.2) is 12.8 Å². The molecule has 0 bridgehead atoms. The summed E-state index contributed by atoms with van der Waals surface area (Å²) in [6, 6.07) is 9.05. The van der Waals surface area contributed by atoms with Crippen LogP contribution < -0.4 is 5.73 Å². The van der Waals surface area contributed by atoms with E-state index < -0.39 is 25.9 Å². The molecular weight excluding hydrogens is 419 g/mol. The number of pyridine rings is 1. The summed E-state index contributed by atoms with van der Waals surface area (Å²) in [5.74, 6) is -1.21. The standard InChI is InChI=1S/C22H21FN4O3S/c1-21(13-31(29,30)22(7-2-8-22)20(25)27-21)16-9-14(3-5-17(16)23)10-19(28)18-6-4-15(11-24)12-26-18/h3-6,9,12H,2,7-8,10,13H2,1H3,(H2,25,27)/t21-/m0/s1. The lowest BCUT2D eigenvalue weighted by molar-refractivity contribution is 0.0988. The van der Waals surface area contributed by atoms with Crippen molar-refractivity contribution in [3.63, 3.8) is 0 Å². The van der Waals surface area contributed by atoms with E-state index in [1.807, 2.05) is 6.07 Å². The van der Waals surface area contributed by atoms with E-state index >= 15 is 0 Å². The highest BCUT2D eigenvalue weighted by molar-refractivity contribution is 7.93. The molecule has 1 aliphatic carbocycles. The van der Waals surface area contributed by atoms with Crippen molar-refractivity contribution in [1.82, 2.24) is 4.98 Å². The first-order chi connectivity index (χ1) is 14.6. The lowest BCUT2D eigenvalue weighted by atomic mass is 9.82. The molecule has 1 spiro atoms. The van der Waals surface area contributed by atoms with E-state index in [1.54, 1.807) is 6.92 Å². The third-order valence-electron chi connectivity index (χ3n) is 6.22. The van der Waals surface area contributed by atoms with E-state index in [2.05, 4.69) is 9.98 Å². The summed E-state index contributed by atoms with van der Waals surface area (Å²) in [7, 11) is -3.62. The quantitative estimate of drug-likeness (QED) is 0.728. The number of aliphatic imine (C=N–C) groups is 1. The Balaban J connectivity index is 1.66. The largest absolute Gasteiger partial charge is 0.386 e. The summed E-state index contributed by atoms with van der Waals surface area (Å²) in [6.07, 6.45) is 2.90. The molecule has 1 saturated carbocycles. The summed E-state index contributed by atoms with van der Waals surface area (Å²) in [5.41, 5.74) is 5.84. The van der Waals surface area contributed by atoms with Crippen LogP contribution in [0.1, 0.15) is 53.4 Å². The Kier molecular flexibility index (Phi) is 4.93. The highest BCUT2D eigenvalue weighted by atomic mass is 32.2. The smallest absolute Gasteiger partial charge is 0.185 e. The molecular formula is C22H21FN4O3S. The highest BCUT2D eigenvalue weighted by Gasteiger charge is 2.58. The number of nitriles is 1. The molecule has 2 aromatic rings. The van der Waals surface area contributed by atoms with Crippen LogP contribution in [-0.4, -0.2) is 35.5 Å². The molecule has 1 fully saturated rings. The minimum atomic E-state index is -3.62. The maximum Gasteiger partial charge on any atom is 0.185 e. The Hall–Kier alpha value is -3.12. The monoisotopic (exact) mass is 440 g/mol. The Bertz CT molecular complexity index is 1240. The van der Waals surface area contributed by atoms with Gasteiger partial charge in [0.15, 0.2) is 15.6 Å². The number of Topliss-reactive ketones (excluding diaryl/α,β-unsaturated/α-hetero) is 1. The number of rotatable bonds is 4. The number of sulfone groups is 1. The van der Waals surface area contributed by atoms with Gasteiger partial charge in [-0.15, -0.1) is 0 Å². The van der Waals surface area contributed by atoms with E-state index in [0.29, 0.717) is 24.0 Å². The van der Waals surface area contributed by atoms with Crippen molar-refractivity contribution in [3.05, 3.63) is 64.7 Å². The fraction of sp³-hybridized carbons (Fsp3) is 0.364. The van der Waals surface area contributed by atoms with Crippen molar-refractivity contribution >= 4 is 21.5 Å². The number of amidine groups is 1. The van der Waals surface area contributed by atoms with E-state index in [4.69, 9.17) is 11.0 Å². The van der Waals surface area contributed by atoms with E-state index in [-0.39, 0.29) is 35.0 Å². The molecule has 2 N–H and O–H groups in total. The van der Waals surface area contributed by atoms with Crippen molar-refractivity contribution in [1.29, 1.82) is 5.26 Å². The number of carbonyl (C=O) groups excluding carboxylic acids is 1. The van der Waals surface area contributed by atoms with Crippen LogP contribution >= 0.6 is 0 Å². The summed E-state index contributed by atoms with van der Waals surface area (Å²) < 4.78 is 39.7. The third kappa shape index (κ3) is 3.41. The first-order valence-corrected chi connectivity index (χ1v) is 11.5. The molecule has 0 radical (unpaired) electrons. The normalized spacial score (nSPS) is 23.5. The van der Waals surface area contributed by atoms with Crippen LogP contribution in [0.3, 0.4) is 0 Å². The van der Waals surface area contributed by atoms with Crippen molar-refractivity contribution in [2.24, 2.45) is 10.7 Å². The average Bonchev–Trinajstić information content (AvgIpc) is 2.67. The number of hydrogen-bond acceptors (Lipinski definition) is 7. The van der Waals surface area contributed by atoms with Gasteiger partial charge in [-0.2, -0.15) is 5.26 Å². The highest BCUT2D eigenvalue weighted by Crippen LogP contribution is 2.47. The molecule has 1 aliphatic heterocycles. The van der Waals surface area contributed by atoms with Crippen LogP contribution in [-0.2, 0) is 21.8 Å². The minimum Gasteiger partial charge on any atom is -0.386 e. The predicted molar refractivity (Wildman–Crippen MR) is 113 cm³/mol. The fourth-order valence-corrected chi connectivity index (χ4v) is 6.78. The molecule has 0 saturated heterocycles. The molecule has 1 aromatic carbocycles. The van der Waals surface area contributed by atoms with Crippen LogP contribution in [0.4, 0.5) is 4.39 Å². The number of hydrogen-bond donors (Lipinski definition) is 1. The molecule has 7 nitrogen and oxygen atoms in total. The zero-order chi connectivity index (χ0) is 22.4. The van der Waals surface area contributed by atoms with Gasteiger partial charge in [-0.3, -0.25) is 14.8 Å². The average molecular weight is 441 g/mol. The number of carbonyl (C=O) groups is 1. The molecule has 0 amide bonds. The van der Waals surface area contributed by atoms with Gasteiger partial charge in [0.2, 0.25) is 0 Å². The fourth-order valence-electron chi connectivity index (χ4n) is 4.27. The van der Waals surface area contributed by atoms with Crippen LogP contribution in [0.15, 0.2) is 41.5 Å². The van der Waals surface area contributed by atoms with Crippen molar-refractivity contribution in [3.8, 4) is 6.07 Å². The van der Waals surface area contributed by atoms with Gasteiger partial charge in [-0.1, -0.05) is 6.07 Å². The lowest BCUT2D eigenvalue weighted by Gasteiger charge is -2.46. The second-order valence-corrected chi connectivity index (χ2v) is 10.6. The minimum absolute atomic E-state index is 0.0372. The number of aromatic nitrogens is 1. The van der Waals surface area contributed by atoms with E-state index in [1.165, 1.54) is 36.5 Å². The van der Waals surface area contributed by atoms with Gasteiger partial charge in [-0.05, 0) is 56.0 Å². The zero-order valence-electron chi connectivity index (χ0n) is 16.9. The van der Waals surface area contributed by atoms with Crippen molar-refractivity contribution in [2.45, 2.75) is 42.9 Å². The molecule has 9 heteroatoms. The first kappa shape index (κ1) is 21.1. The van der Waals surface area contributed by atoms with Crippen LogP contribution in [0.2, 0.25) is 0 Å². The summed E-state index contributed by atoms with van der Waals surface area (Å²) >= 11 is 0. The number of ketones is 1. The van der Waals surface area contributed by atoms with Crippen LogP contribution in [0.5, 0.6) is 0 Å². The van der Waals surface area contributed by atoms with Crippen LogP contribution in [0, 0.1) is 17.1 Å². The predicted octanol–water partition coefficient (Wildman–Crippen LogP) is 2.44. The van der Waals surface area contributed by atoms with Gasteiger partial charge >= 0.3 is 0 Å². The molecule has 31 heavy (non-hydrogen) atoms. The zero-order valence-corrected chi connectivity index (χ0v) is 17.7. The molecule has 0 unspecified atom stereocenters. The number of benzene rings is 1. The molecule has 160 valence electrons. The van der Waals surface area contributed by atoms with E-state index in [9.17, 15) is 17.6 Å². The van der Waals surface area contributed by atoms with E-state index in [0.717, 1.165) is 6.42 Å². The lowest BCUT2D eigenvalue weighted by Crippen LogP contribution is -2.61. The SMILES string of the molecule is C[C@@]1(c2cc(CC(=O)c3ccc(C#N)cn3)ccc2F)CS(=O)(=O)C2(CCC2)C(N)=N1. The first-order valence-electron chi connectivity index (χ1n) is 9.87. The van der Waals surface area contributed by atoms with Gasteiger partial charge in [0, 0.05) is 18.2 Å². The van der Waals surface area contributed by atoms with Crippen molar-refractivity contribution in [2.75, 3.05) is 5.75 Å². The van der Waals surface area contributed by atoms with Crippen LogP contribution in [0.25, 0.3) is 0 Å². The molecule has 4 rings (SSSR count). The second kappa shape index (κ2) is 7.24. The third-order valence-corrected chi connectivity index (χ3v) is 8.97. The van der Waals surface area contributed by atoms with Gasteiger partial charge < -0.3 is 5.73 Å². The Morgan fingerprint density at radius 1 is 1.29 bits per heavy atom. The van der Waals surface area contributed by atoms with Gasteiger partial charge in [0.05, 0.1) is 11.3 Å². The Labute approximate surface area is 179 Å². The molecule has 2 aliphatic rings. The summed E-state index contributed by atoms with van der Waals surface area (Å²) in [5, 5.41) is 8.84. The second-order valence-electron chi connectivity index (χ2n) is 8.34. The van der Waals surface area contributed by atoms with Gasteiger partial charge in [0.1, 0.15) is 33.7 Å². The van der Waals surface area contributed by atoms with Gasteiger partial charge in [0.25, 0.3) is 0 Å². The Morgan fingerprint density at radius 2 is 2.03 bits per heavy atom. The topological polar surface area (TPSA) is 126 Å². The maximum atomic E-state index is 14.8. The summed E-state index contributed by atoms with van der Waals surface area (Å²) in [4.78, 5) is 21.0. The molecule has 1 aromatic heterocycles. The maximum absolute atomic E-state index is 14.8. The Morgan fingerprint density at radius 3 is 2.58 bits per heavy atom. The number of nitrogens with two attached hydrogens (primary N) is 1. The molecule has 1 atom stereocenters. The molecule has 2 heterocycles. The van der Waals surface area contributed by atoms with Crippen molar-refractivity contribution < 1.29 is 17.6 Å². The summed E-state index contributed by atoms with van der Waals surface area (Å²) in [6.45, 7) is 1.55. The number of halogens is 1.